The van der Waals surface area contributed by atoms with Crippen LogP contribution in [0.1, 0.15) is 22.5 Å². The van der Waals surface area contributed by atoms with Crippen molar-refractivity contribution in [2.45, 2.75) is 31.3 Å². The van der Waals surface area contributed by atoms with Gasteiger partial charge >= 0.3 is 5.69 Å². The van der Waals surface area contributed by atoms with Crippen molar-refractivity contribution >= 4 is 17.4 Å². The molecule has 0 aliphatic rings. The van der Waals surface area contributed by atoms with Gasteiger partial charge in [-0.05, 0) is 55.3 Å². The monoisotopic (exact) mass is 513 g/mol. The van der Waals surface area contributed by atoms with Gasteiger partial charge in [0.05, 0.1) is 32.0 Å². The van der Waals surface area contributed by atoms with Crippen molar-refractivity contribution in [3.8, 4) is 22.6 Å². The Balaban J connectivity index is 1.60. The van der Waals surface area contributed by atoms with Gasteiger partial charge in [0.2, 0.25) is 0 Å². The number of ether oxygens (including phenoxy) is 2. The van der Waals surface area contributed by atoms with E-state index in [0.29, 0.717) is 23.1 Å². The third kappa shape index (κ3) is 5.08. The molecule has 0 unspecified atom stereocenters. The van der Waals surface area contributed by atoms with Crippen molar-refractivity contribution in [3.63, 3.8) is 0 Å². The first-order valence-electron chi connectivity index (χ1n) is 11.8. The maximum atomic E-state index is 13.8. The van der Waals surface area contributed by atoms with E-state index in [1.54, 1.807) is 25.0 Å². The molecule has 0 saturated carbocycles. The fourth-order valence-electron chi connectivity index (χ4n) is 4.08. The maximum absolute atomic E-state index is 13.8. The number of hydrogen-bond acceptors (Lipinski definition) is 7. The largest absolute Gasteiger partial charge is 0.497 e. The number of methoxy groups -OCH3 is 2. The first kappa shape index (κ1) is 24.6. The third-order valence-corrected chi connectivity index (χ3v) is 7.15. The van der Waals surface area contributed by atoms with Crippen LogP contribution in [0.5, 0.6) is 11.5 Å². The Bertz CT molecular complexity index is 1590. The summed E-state index contributed by atoms with van der Waals surface area (Å²) in [4.78, 5) is 23.2. The van der Waals surface area contributed by atoms with Gasteiger partial charge in [-0.15, -0.1) is 0 Å². The van der Waals surface area contributed by atoms with Gasteiger partial charge in [0, 0.05) is 23.2 Å². The van der Waals surface area contributed by atoms with E-state index in [-0.39, 0.29) is 5.69 Å². The molecular weight excluding hydrogens is 486 g/mol. The molecule has 37 heavy (non-hydrogen) atoms. The topological polar surface area (TPSA) is 83.5 Å². The van der Waals surface area contributed by atoms with E-state index in [2.05, 4.69) is 10.1 Å². The minimum Gasteiger partial charge on any atom is -0.497 e. The van der Waals surface area contributed by atoms with Gasteiger partial charge in [-0.1, -0.05) is 42.1 Å². The highest BCUT2D eigenvalue weighted by atomic mass is 32.2. The lowest BCUT2D eigenvalue weighted by Crippen LogP contribution is -2.30. The molecule has 188 valence electrons. The lowest BCUT2D eigenvalue weighted by molar-refractivity contribution is 0.414. The molecule has 0 bridgehead atoms. The summed E-state index contributed by atoms with van der Waals surface area (Å²) in [6.07, 6.45) is 1.80. The van der Waals surface area contributed by atoms with E-state index in [0.717, 1.165) is 45.1 Å². The summed E-state index contributed by atoms with van der Waals surface area (Å²) in [6, 6.07) is 19.5. The Morgan fingerprint density at radius 3 is 2.11 bits per heavy atom. The number of aryl methyl sites for hydroxylation is 2. The molecule has 3 aromatic heterocycles. The van der Waals surface area contributed by atoms with E-state index in [1.807, 2.05) is 74.5 Å². The summed E-state index contributed by atoms with van der Waals surface area (Å²) in [6.45, 7) is 4.19. The van der Waals surface area contributed by atoms with E-state index in [4.69, 9.17) is 14.5 Å². The zero-order chi connectivity index (χ0) is 25.9. The van der Waals surface area contributed by atoms with Crippen LogP contribution in [0.4, 0.5) is 0 Å². The normalized spacial score (nSPS) is 11.1. The van der Waals surface area contributed by atoms with E-state index in [1.165, 1.54) is 16.3 Å². The molecule has 0 spiro atoms. The van der Waals surface area contributed by atoms with Crippen molar-refractivity contribution in [3.05, 3.63) is 99.9 Å². The lowest BCUT2D eigenvalue weighted by Gasteiger charge is -2.13. The van der Waals surface area contributed by atoms with Crippen molar-refractivity contribution in [2.75, 3.05) is 14.2 Å². The standard InChI is InChI=1S/C28H27N5O3S/c1-18-5-10-22(15-29-18)25-19(2)31-33-26(25)30-27(37-17-21-8-13-24(36-4)14-9-21)32(28(33)34)16-20-6-11-23(35-3)12-7-20/h5-15H,16-17H2,1-4H3. The number of aromatic nitrogens is 5. The third-order valence-electron chi connectivity index (χ3n) is 6.11. The van der Waals surface area contributed by atoms with E-state index in [9.17, 15) is 4.79 Å². The summed E-state index contributed by atoms with van der Waals surface area (Å²) >= 11 is 1.51. The molecule has 2 aromatic carbocycles. The molecule has 8 nitrogen and oxygen atoms in total. The summed E-state index contributed by atoms with van der Waals surface area (Å²) in [5.41, 5.74) is 5.68. The minimum atomic E-state index is -0.243. The first-order chi connectivity index (χ1) is 18.0. The maximum Gasteiger partial charge on any atom is 0.353 e. The van der Waals surface area contributed by atoms with Crippen LogP contribution in [0.25, 0.3) is 16.8 Å². The Morgan fingerprint density at radius 2 is 1.51 bits per heavy atom. The van der Waals surface area contributed by atoms with Crippen LogP contribution in [-0.4, -0.2) is 38.4 Å². The fraction of sp³-hybridized carbons (Fsp3) is 0.214. The number of rotatable bonds is 8. The molecular formula is C28H27N5O3S. The van der Waals surface area contributed by atoms with Gasteiger partial charge in [-0.25, -0.2) is 9.78 Å². The summed E-state index contributed by atoms with van der Waals surface area (Å²) in [5.74, 6) is 2.21. The predicted octanol–water partition coefficient (Wildman–Crippen LogP) is 4.93. The Kier molecular flexibility index (Phi) is 6.96. The minimum absolute atomic E-state index is 0.243. The Morgan fingerprint density at radius 1 is 0.865 bits per heavy atom. The van der Waals surface area contributed by atoms with Crippen LogP contribution in [0.3, 0.4) is 0 Å². The van der Waals surface area contributed by atoms with E-state index < -0.39 is 0 Å². The van der Waals surface area contributed by atoms with Gasteiger partial charge in [0.15, 0.2) is 10.8 Å². The smallest absolute Gasteiger partial charge is 0.353 e. The molecule has 0 atom stereocenters. The van der Waals surface area contributed by atoms with E-state index >= 15 is 0 Å². The second kappa shape index (κ2) is 10.5. The molecule has 5 aromatic rings. The SMILES string of the molecule is COc1ccc(CSc2nc3c(-c4ccc(C)nc4)c(C)nn3c(=O)n2Cc2ccc(OC)cc2)cc1. The number of hydrogen-bond donors (Lipinski definition) is 0. The van der Waals surface area contributed by atoms with Crippen LogP contribution in [-0.2, 0) is 12.3 Å². The summed E-state index contributed by atoms with van der Waals surface area (Å²) < 4.78 is 13.6. The molecule has 0 N–H and O–H groups in total. The summed E-state index contributed by atoms with van der Waals surface area (Å²) in [5, 5.41) is 5.19. The zero-order valence-corrected chi connectivity index (χ0v) is 22.0. The van der Waals surface area contributed by atoms with Gasteiger partial charge in [0.25, 0.3) is 0 Å². The molecule has 0 aliphatic heterocycles. The van der Waals surface area contributed by atoms with Gasteiger partial charge in [-0.3, -0.25) is 9.55 Å². The van der Waals surface area contributed by atoms with Crippen LogP contribution in [0.15, 0.2) is 76.8 Å². The average Bonchev–Trinajstić information content (AvgIpc) is 3.26. The Hall–Kier alpha value is -4.11. The first-order valence-corrected chi connectivity index (χ1v) is 12.8. The van der Waals surface area contributed by atoms with Crippen molar-refractivity contribution in [1.29, 1.82) is 0 Å². The molecule has 0 saturated heterocycles. The fourth-order valence-corrected chi connectivity index (χ4v) is 5.02. The van der Waals surface area contributed by atoms with Gasteiger partial charge < -0.3 is 9.47 Å². The molecule has 0 fully saturated rings. The highest BCUT2D eigenvalue weighted by Gasteiger charge is 2.20. The number of nitrogens with zero attached hydrogens (tertiary/aromatic N) is 5. The second-order valence-corrected chi connectivity index (χ2v) is 9.57. The molecule has 0 aliphatic carbocycles. The molecule has 9 heteroatoms. The molecule has 0 radical (unpaired) electrons. The number of thioether (sulfide) groups is 1. The lowest BCUT2D eigenvalue weighted by atomic mass is 10.1. The highest BCUT2D eigenvalue weighted by molar-refractivity contribution is 7.98. The predicted molar refractivity (Wildman–Crippen MR) is 145 cm³/mol. The zero-order valence-electron chi connectivity index (χ0n) is 21.1. The van der Waals surface area contributed by atoms with Crippen LogP contribution in [0.2, 0.25) is 0 Å². The van der Waals surface area contributed by atoms with Crippen LogP contribution < -0.4 is 15.2 Å². The number of fused-ring (bicyclic) bond motifs is 1. The van der Waals surface area contributed by atoms with Crippen LogP contribution >= 0.6 is 11.8 Å². The van der Waals surface area contributed by atoms with Crippen molar-refractivity contribution in [1.82, 2.24) is 24.1 Å². The van der Waals surface area contributed by atoms with Gasteiger partial charge in [0.1, 0.15) is 11.5 Å². The molecule has 0 amide bonds. The highest BCUT2D eigenvalue weighted by Crippen LogP contribution is 2.29. The Labute approximate surface area is 218 Å². The van der Waals surface area contributed by atoms with Crippen LogP contribution in [0, 0.1) is 13.8 Å². The molecule has 5 rings (SSSR count). The summed E-state index contributed by atoms with van der Waals surface area (Å²) in [7, 11) is 3.28. The number of pyridine rings is 1. The van der Waals surface area contributed by atoms with Gasteiger partial charge in [-0.2, -0.15) is 9.61 Å². The molecule has 3 heterocycles. The second-order valence-electron chi connectivity index (χ2n) is 8.63. The van der Waals surface area contributed by atoms with Crippen molar-refractivity contribution in [2.24, 2.45) is 0 Å². The van der Waals surface area contributed by atoms with Crippen molar-refractivity contribution < 1.29 is 9.47 Å². The quantitative estimate of drug-likeness (QED) is 0.272. The average molecular weight is 514 g/mol. The number of benzene rings is 2.